The standard InChI is InChI=1S/C18H21F2N3O5S2/c1-3-23(13-8-9-30(25,26)10-13)16(24)11(2)29-18-22-21-15(28-18)12-4-6-14(7-5-12)27-17(19)20/h4-7,11,13,17H,3,8-10H2,1-2H3/t11-,13+/m0/s1. The molecule has 1 amide bonds. The van der Waals surface area contributed by atoms with Gasteiger partial charge in [0.15, 0.2) is 9.84 Å². The number of carbonyl (C=O) groups is 1. The highest BCUT2D eigenvalue weighted by atomic mass is 32.2. The molecule has 0 spiro atoms. The summed E-state index contributed by atoms with van der Waals surface area (Å²) in [5.41, 5.74) is 0.515. The van der Waals surface area contributed by atoms with Crippen molar-refractivity contribution in [2.75, 3.05) is 18.1 Å². The molecular weight excluding hydrogens is 440 g/mol. The first kappa shape index (κ1) is 22.5. The predicted octanol–water partition coefficient (Wildman–Crippen LogP) is 2.85. The van der Waals surface area contributed by atoms with E-state index in [0.717, 1.165) is 11.8 Å². The number of aromatic nitrogens is 2. The van der Waals surface area contributed by atoms with Crippen LogP contribution in [0.2, 0.25) is 0 Å². The number of alkyl halides is 2. The minimum Gasteiger partial charge on any atom is -0.435 e. The molecule has 30 heavy (non-hydrogen) atoms. The quantitative estimate of drug-likeness (QED) is 0.553. The summed E-state index contributed by atoms with van der Waals surface area (Å²) in [6.07, 6.45) is 0.440. The van der Waals surface area contributed by atoms with Crippen molar-refractivity contribution in [2.24, 2.45) is 0 Å². The summed E-state index contributed by atoms with van der Waals surface area (Å²) in [7, 11) is -3.10. The molecule has 12 heteroatoms. The van der Waals surface area contributed by atoms with Crippen LogP contribution in [-0.4, -0.2) is 65.4 Å². The number of carbonyl (C=O) groups excluding carboxylic acids is 1. The Kier molecular flexibility index (Phi) is 6.96. The van der Waals surface area contributed by atoms with Gasteiger partial charge in [0.2, 0.25) is 11.8 Å². The number of hydrogen-bond donors (Lipinski definition) is 0. The molecule has 0 N–H and O–H groups in total. The van der Waals surface area contributed by atoms with Crippen LogP contribution in [0.3, 0.4) is 0 Å². The highest BCUT2D eigenvalue weighted by Crippen LogP contribution is 2.29. The van der Waals surface area contributed by atoms with Crippen LogP contribution in [-0.2, 0) is 14.6 Å². The molecule has 1 aromatic heterocycles. The largest absolute Gasteiger partial charge is 0.435 e. The zero-order valence-electron chi connectivity index (χ0n) is 16.3. The molecule has 1 saturated heterocycles. The van der Waals surface area contributed by atoms with Crippen molar-refractivity contribution in [1.29, 1.82) is 0 Å². The maximum absolute atomic E-state index is 12.8. The molecule has 0 aliphatic carbocycles. The Hall–Kier alpha value is -2.21. The maximum atomic E-state index is 12.8. The third kappa shape index (κ3) is 5.48. The zero-order chi connectivity index (χ0) is 21.9. The van der Waals surface area contributed by atoms with Gasteiger partial charge in [0.25, 0.3) is 5.22 Å². The van der Waals surface area contributed by atoms with Gasteiger partial charge in [0.1, 0.15) is 5.75 Å². The first-order chi connectivity index (χ1) is 14.2. The van der Waals surface area contributed by atoms with E-state index < -0.39 is 21.7 Å². The molecule has 8 nitrogen and oxygen atoms in total. The minimum atomic E-state index is -3.10. The number of nitrogens with zero attached hydrogens (tertiary/aromatic N) is 3. The Morgan fingerprint density at radius 1 is 1.33 bits per heavy atom. The van der Waals surface area contributed by atoms with Crippen LogP contribution in [0, 0.1) is 0 Å². The van der Waals surface area contributed by atoms with Gasteiger partial charge in [-0.2, -0.15) is 8.78 Å². The van der Waals surface area contributed by atoms with E-state index in [2.05, 4.69) is 14.9 Å². The first-order valence-corrected chi connectivity index (χ1v) is 11.9. The lowest BCUT2D eigenvalue weighted by Gasteiger charge is -2.28. The Morgan fingerprint density at radius 2 is 2.03 bits per heavy atom. The van der Waals surface area contributed by atoms with Gasteiger partial charge in [0.05, 0.1) is 16.8 Å². The Labute approximate surface area is 176 Å². The SMILES string of the molecule is CCN(C(=O)[C@H](C)Sc1nnc(-c2ccc(OC(F)F)cc2)o1)[C@@H]1CCS(=O)(=O)C1. The van der Waals surface area contributed by atoms with Gasteiger partial charge in [-0.25, -0.2) is 8.42 Å². The van der Waals surface area contributed by atoms with Gasteiger partial charge in [0, 0.05) is 18.2 Å². The number of amides is 1. The van der Waals surface area contributed by atoms with Crippen molar-refractivity contribution in [2.45, 2.75) is 43.4 Å². The number of benzene rings is 1. The van der Waals surface area contributed by atoms with Gasteiger partial charge < -0.3 is 14.1 Å². The van der Waals surface area contributed by atoms with E-state index >= 15 is 0 Å². The van der Waals surface area contributed by atoms with Crippen LogP contribution in [0.25, 0.3) is 11.5 Å². The van der Waals surface area contributed by atoms with Gasteiger partial charge in [-0.15, -0.1) is 10.2 Å². The fourth-order valence-electron chi connectivity index (χ4n) is 3.20. The second-order valence-electron chi connectivity index (χ2n) is 6.72. The highest BCUT2D eigenvalue weighted by Gasteiger charge is 2.35. The van der Waals surface area contributed by atoms with Crippen LogP contribution in [0.1, 0.15) is 20.3 Å². The molecule has 1 aliphatic heterocycles. The smallest absolute Gasteiger partial charge is 0.387 e. The topological polar surface area (TPSA) is 103 Å². The molecule has 2 aromatic rings. The summed E-state index contributed by atoms with van der Waals surface area (Å²) in [4.78, 5) is 14.4. The van der Waals surface area contributed by atoms with Crippen LogP contribution < -0.4 is 4.74 Å². The number of halogens is 2. The highest BCUT2D eigenvalue weighted by molar-refractivity contribution is 8.00. The van der Waals surface area contributed by atoms with Gasteiger partial charge in [-0.1, -0.05) is 11.8 Å². The van der Waals surface area contributed by atoms with E-state index in [9.17, 15) is 22.0 Å². The van der Waals surface area contributed by atoms with Crippen molar-refractivity contribution in [1.82, 2.24) is 15.1 Å². The number of thioether (sulfide) groups is 1. The van der Waals surface area contributed by atoms with Gasteiger partial charge >= 0.3 is 6.61 Å². The minimum absolute atomic E-state index is 0.00988. The molecule has 2 heterocycles. The molecule has 0 bridgehead atoms. The molecule has 2 atom stereocenters. The lowest BCUT2D eigenvalue weighted by Crippen LogP contribution is -2.44. The number of sulfone groups is 1. The maximum Gasteiger partial charge on any atom is 0.387 e. The fourth-order valence-corrected chi connectivity index (χ4v) is 5.69. The van der Waals surface area contributed by atoms with E-state index in [1.54, 1.807) is 11.8 Å². The van der Waals surface area contributed by atoms with E-state index in [-0.39, 0.29) is 40.3 Å². The third-order valence-corrected chi connectivity index (χ3v) is 7.30. The van der Waals surface area contributed by atoms with Crippen LogP contribution in [0.5, 0.6) is 5.75 Å². The summed E-state index contributed by atoms with van der Waals surface area (Å²) in [5, 5.41) is 7.46. The Balaban J connectivity index is 1.64. The summed E-state index contributed by atoms with van der Waals surface area (Å²) in [6.45, 7) is 1.01. The van der Waals surface area contributed by atoms with Gasteiger partial charge in [-0.05, 0) is 44.5 Å². The Morgan fingerprint density at radius 3 is 2.60 bits per heavy atom. The summed E-state index contributed by atoms with van der Waals surface area (Å²) >= 11 is 1.08. The molecule has 0 unspecified atom stereocenters. The van der Waals surface area contributed by atoms with Crippen molar-refractivity contribution in [3.05, 3.63) is 24.3 Å². The zero-order valence-corrected chi connectivity index (χ0v) is 18.0. The molecule has 0 radical (unpaired) electrons. The van der Waals surface area contributed by atoms with Crippen LogP contribution >= 0.6 is 11.8 Å². The van der Waals surface area contributed by atoms with Crippen molar-refractivity contribution in [3.63, 3.8) is 0 Å². The van der Waals surface area contributed by atoms with Crippen molar-refractivity contribution in [3.8, 4) is 17.2 Å². The lowest BCUT2D eigenvalue weighted by molar-refractivity contribution is -0.131. The average molecular weight is 462 g/mol. The second kappa shape index (κ2) is 9.29. The average Bonchev–Trinajstić information content (AvgIpc) is 3.28. The van der Waals surface area contributed by atoms with Crippen molar-refractivity contribution >= 4 is 27.5 Å². The van der Waals surface area contributed by atoms with E-state index in [1.807, 2.05) is 6.92 Å². The third-order valence-electron chi connectivity index (χ3n) is 4.63. The molecule has 1 aromatic carbocycles. The molecule has 3 rings (SSSR count). The summed E-state index contributed by atoms with van der Waals surface area (Å²) in [6, 6.07) is 5.42. The fraction of sp³-hybridized carbons (Fsp3) is 0.500. The van der Waals surface area contributed by atoms with E-state index in [4.69, 9.17) is 4.42 Å². The number of ether oxygens (including phenoxy) is 1. The molecule has 164 valence electrons. The van der Waals surface area contributed by atoms with Crippen molar-refractivity contribution < 1.29 is 31.1 Å². The predicted molar refractivity (Wildman–Crippen MR) is 106 cm³/mol. The molecule has 0 saturated carbocycles. The lowest BCUT2D eigenvalue weighted by atomic mass is 10.2. The molecular formula is C18H21F2N3O5S2. The normalized spacial score (nSPS) is 19.0. The second-order valence-corrected chi connectivity index (χ2v) is 10.2. The van der Waals surface area contributed by atoms with Crippen LogP contribution in [0.15, 0.2) is 33.9 Å². The van der Waals surface area contributed by atoms with Crippen LogP contribution in [0.4, 0.5) is 8.78 Å². The summed E-state index contributed by atoms with van der Waals surface area (Å²) < 4.78 is 57.8. The number of rotatable bonds is 8. The first-order valence-electron chi connectivity index (χ1n) is 9.25. The van der Waals surface area contributed by atoms with E-state index in [0.29, 0.717) is 18.5 Å². The molecule has 1 aliphatic rings. The van der Waals surface area contributed by atoms with Gasteiger partial charge in [-0.3, -0.25) is 4.79 Å². The monoisotopic (exact) mass is 461 g/mol. The number of hydrogen-bond acceptors (Lipinski definition) is 8. The summed E-state index contributed by atoms with van der Waals surface area (Å²) in [5.74, 6) is 0.0698. The Bertz CT molecular complexity index is 982. The van der Waals surface area contributed by atoms with E-state index in [1.165, 1.54) is 24.3 Å². The molecule has 1 fully saturated rings.